The number of amides is 1. The number of anilines is 1. The predicted molar refractivity (Wildman–Crippen MR) is 110 cm³/mol. The zero-order chi connectivity index (χ0) is 20.3. The minimum atomic E-state index is -0.149. The van der Waals surface area contributed by atoms with Gasteiger partial charge in [-0.2, -0.15) is 0 Å². The van der Waals surface area contributed by atoms with E-state index in [2.05, 4.69) is 20.0 Å². The number of rotatable bonds is 4. The SMILES string of the molecule is O=C(c1cc(-c2ccco2)on1)N1CCN(c2cc(-c3ccccc3)ncn2)CC1. The topological polar surface area (TPSA) is 88.5 Å². The second kappa shape index (κ2) is 7.82. The fraction of sp³-hybridized carbons (Fsp3) is 0.182. The van der Waals surface area contributed by atoms with Crippen LogP contribution in [0.1, 0.15) is 10.5 Å². The molecule has 150 valence electrons. The van der Waals surface area contributed by atoms with Crippen molar-refractivity contribution in [3.05, 3.63) is 72.9 Å². The van der Waals surface area contributed by atoms with E-state index in [0.29, 0.717) is 37.7 Å². The van der Waals surface area contributed by atoms with E-state index < -0.39 is 0 Å². The summed E-state index contributed by atoms with van der Waals surface area (Å²) in [4.78, 5) is 25.5. The van der Waals surface area contributed by atoms with Crippen molar-refractivity contribution in [1.82, 2.24) is 20.0 Å². The molecule has 0 bridgehead atoms. The highest BCUT2D eigenvalue weighted by Crippen LogP contribution is 2.23. The van der Waals surface area contributed by atoms with Crippen molar-refractivity contribution in [1.29, 1.82) is 0 Å². The quantitative estimate of drug-likeness (QED) is 0.518. The van der Waals surface area contributed by atoms with Gasteiger partial charge < -0.3 is 18.7 Å². The number of hydrogen-bond acceptors (Lipinski definition) is 7. The highest BCUT2D eigenvalue weighted by Gasteiger charge is 2.26. The summed E-state index contributed by atoms with van der Waals surface area (Å²) in [6.07, 6.45) is 3.13. The summed E-state index contributed by atoms with van der Waals surface area (Å²) in [6.45, 7) is 2.51. The Morgan fingerprint density at radius 2 is 1.73 bits per heavy atom. The van der Waals surface area contributed by atoms with Crippen LogP contribution >= 0.6 is 0 Å². The summed E-state index contributed by atoms with van der Waals surface area (Å²) in [6, 6.07) is 17.1. The van der Waals surface area contributed by atoms with E-state index in [1.807, 2.05) is 36.4 Å². The average Bonchev–Trinajstić information content (AvgIpc) is 3.52. The zero-order valence-electron chi connectivity index (χ0n) is 16.1. The fourth-order valence-electron chi connectivity index (χ4n) is 3.50. The Morgan fingerprint density at radius 1 is 0.900 bits per heavy atom. The fourth-order valence-corrected chi connectivity index (χ4v) is 3.50. The van der Waals surface area contributed by atoms with Gasteiger partial charge in [0.05, 0.1) is 12.0 Å². The third-order valence-corrected chi connectivity index (χ3v) is 5.11. The number of benzene rings is 1. The highest BCUT2D eigenvalue weighted by atomic mass is 16.5. The molecule has 0 aliphatic carbocycles. The first-order valence-corrected chi connectivity index (χ1v) is 9.70. The lowest BCUT2D eigenvalue weighted by Crippen LogP contribution is -2.49. The average molecular weight is 401 g/mol. The van der Waals surface area contributed by atoms with Crippen LogP contribution < -0.4 is 4.90 Å². The third-order valence-electron chi connectivity index (χ3n) is 5.11. The molecule has 1 amide bonds. The van der Waals surface area contributed by atoms with Crippen molar-refractivity contribution >= 4 is 11.7 Å². The second-order valence-electron chi connectivity index (χ2n) is 6.96. The summed E-state index contributed by atoms with van der Waals surface area (Å²) >= 11 is 0. The summed E-state index contributed by atoms with van der Waals surface area (Å²) in [5.74, 6) is 1.70. The van der Waals surface area contributed by atoms with Crippen LogP contribution in [0.4, 0.5) is 5.82 Å². The maximum atomic E-state index is 12.8. The highest BCUT2D eigenvalue weighted by molar-refractivity contribution is 5.93. The Bertz CT molecular complexity index is 1130. The van der Waals surface area contributed by atoms with E-state index in [1.165, 1.54) is 0 Å². The van der Waals surface area contributed by atoms with Gasteiger partial charge in [0.1, 0.15) is 12.1 Å². The van der Waals surface area contributed by atoms with E-state index >= 15 is 0 Å². The molecule has 8 heteroatoms. The monoisotopic (exact) mass is 401 g/mol. The lowest BCUT2D eigenvalue weighted by atomic mass is 10.1. The van der Waals surface area contributed by atoms with Gasteiger partial charge in [0, 0.05) is 43.9 Å². The van der Waals surface area contributed by atoms with E-state index in [9.17, 15) is 4.79 Å². The van der Waals surface area contributed by atoms with Gasteiger partial charge >= 0.3 is 0 Å². The number of aromatic nitrogens is 3. The van der Waals surface area contributed by atoms with Gasteiger partial charge in [0.2, 0.25) is 5.76 Å². The van der Waals surface area contributed by atoms with Gasteiger partial charge in [-0.1, -0.05) is 35.5 Å². The van der Waals surface area contributed by atoms with Crippen LogP contribution in [0, 0.1) is 0 Å². The summed E-state index contributed by atoms with van der Waals surface area (Å²) in [5, 5.41) is 3.91. The van der Waals surface area contributed by atoms with Crippen molar-refractivity contribution in [3.8, 4) is 22.8 Å². The molecule has 30 heavy (non-hydrogen) atoms. The van der Waals surface area contributed by atoms with Crippen LogP contribution in [0.2, 0.25) is 0 Å². The lowest BCUT2D eigenvalue weighted by Gasteiger charge is -2.35. The Hall–Kier alpha value is -3.94. The molecule has 8 nitrogen and oxygen atoms in total. The smallest absolute Gasteiger partial charge is 0.276 e. The minimum absolute atomic E-state index is 0.149. The van der Waals surface area contributed by atoms with Crippen LogP contribution in [0.5, 0.6) is 0 Å². The van der Waals surface area contributed by atoms with Crippen LogP contribution in [0.3, 0.4) is 0 Å². The molecule has 0 saturated carbocycles. The number of carbonyl (C=O) groups is 1. The van der Waals surface area contributed by atoms with Crippen molar-refractivity contribution < 1.29 is 13.7 Å². The number of furan rings is 1. The molecule has 0 radical (unpaired) electrons. The largest absolute Gasteiger partial charge is 0.461 e. The molecule has 0 unspecified atom stereocenters. The van der Waals surface area contributed by atoms with Gasteiger partial charge in [0.25, 0.3) is 5.91 Å². The van der Waals surface area contributed by atoms with Crippen LogP contribution in [0.25, 0.3) is 22.8 Å². The summed E-state index contributed by atoms with van der Waals surface area (Å²) in [5.41, 5.74) is 2.21. The van der Waals surface area contributed by atoms with Gasteiger partial charge in [-0.15, -0.1) is 0 Å². The van der Waals surface area contributed by atoms with E-state index in [1.54, 1.807) is 35.7 Å². The number of carbonyl (C=O) groups excluding carboxylic acids is 1. The molecule has 3 aromatic heterocycles. The van der Waals surface area contributed by atoms with Gasteiger partial charge in [-0.25, -0.2) is 9.97 Å². The second-order valence-corrected chi connectivity index (χ2v) is 6.96. The van der Waals surface area contributed by atoms with E-state index in [-0.39, 0.29) is 11.6 Å². The van der Waals surface area contributed by atoms with Gasteiger partial charge in [-0.05, 0) is 12.1 Å². The molecule has 1 aliphatic heterocycles. The molecule has 5 rings (SSSR count). The van der Waals surface area contributed by atoms with Crippen molar-refractivity contribution in [2.75, 3.05) is 31.1 Å². The van der Waals surface area contributed by atoms with E-state index in [0.717, 1.165) is 17.1 Å². The molecule has 4 heterocycles. The lowest BCUT2D eigenvalue weighted by molar-refractivity contribution is 0.0736. The maximum Gasteiger partial charge on any atom is 0.276 e. The maximum absolute atomic E-state index is 12.8. The number of piperazine rings is 1. The number of hydrogen-bond donors (Lipinski definition) is 0. The van der Waals surface area contributed by atoms with Crippen molar-refractivity contribution in [2.24, 2.45) is 0 Å². The first kappa shape index (κ1) is 18.1. The molecule has 1 aliphatic rings. The molecular weight excluding hydrogens is 382 g/mol. The third kappa shape index (κ3) is 3.55. The molecule has 1 aromatic carbocycles. The first-order chi connectivity index (χ1) is 14.8. The Kier molecular flexibility index (Phi) is 4.72. The molecule has 0 spiro atoms. The van der Waals surface area contributed by atoms with Crippen molar-refractivity contribution in [3.63, 3.8) is 0 Å². The van der Waals surface area contributed by atoms with Crippen molar-refractivity contribution in [2.45, 2.75) is 0 Å². The minimum Gasteiger partial charge on any atom is -0.461 e. The predicted octanol–water partition coefficient (Wildman–Crippen LogP) is 3.35. The zero-order valence-corrected chi connectivity index (χ0v) is 16.1. The standard InChI is InChI=1S/C22H19N5O3/c28-22(18-13-20(30-25-18)19-7-4-12-29-19)27-10-8-26(9-11-27)21-14-17(23-15-24-21)16-5-2-1-3-6-16/h1-7,12-15H,8-11H2. The van der Waals surface area contributed by atoms with Gasteiger partial charge in [-0.3, -0.25) is 4.79 Å². The van der Waals surface area contributed by atoms with Crippen LogP contribution in [-0.4, -0.2) is 52.1 Å². The molecule has 0 N–H and O–H groups in total. The van der Waals surface area contributed by atoms with Crippen LogP contribution in [-0.2, 0) is 0 Å². The van der Waals surface area contributed by atoms with Crippen LogP contribution in [0.15, 0.2) is 76.1 Å². The molecule has 1 fully saturated rings. The Labute approximate surface area is 172 Å². The van der Waals surface area contributed by atoms with Gasteiger partial charge in [0.15, 0.2) is 11.5 Å². The summed E-state index contributed by atoms with van der Waals surface area (Å²) in [7, 11) is 0. The molecule has 4 aromatic rings. The Balaban J connectivity index is 1.25. The van der Waals surface area contributed by atoms with E-state index in [4.69, 9.17) is 8.94 Å². The molecular formula is C22H19N5O3. The number of nitrogens with zero attached hydrogens (tertiary/aromatic N) is 5. The normalized spacial score (nSPS) is 14.1. The molecule has 1 saturated heterocycles. The summed E-state index contributed by atoms with van der Waals surface area (Å²) < 4.78 is 10.5. The molecule has 0 atom stereocenters. The Morgan fingerprint density at radius 3 is 2.50 bits per heavy atom. The first-order valence-electron chi connectivity index (χ1n) is 9.70.